The van der Waals surface area contributed by atoms with Gasteiger partial charge in [-0.3, -0.25) is 9.59 Å². The van der Waals surface area contributed by atoms with Gasteiger partial charge in [-0.05, 0) is 106 Å². The van der Waals surface area contributed by atoms with Gasteiger partial charge in [-0.2, -0.15) is 0 Å². The molecule has 0 radical (unpaired) electrons. The second kappa shape index (κ2) is 13.8. The number of aliphatic hydroxyl groups excluding tert-OH is 3. The summed E-state index contributed by atoms with van der Waals surface area (Å²) in [7, 11) is 0. The van der Waals surface area contributed by atoms with E-state index in [9.17, 15) is 35.1 Å². The van der Waals surface area contributed by atoms with E-state index in [-0.39, 0.29) is 35.5 Å². The average molecular weight is 523 g/mol. The van der Waals surface area contributed by atoms with Crippen LogP contribution in [0.4, 0.5) is 0 Å². The molecule has 0 aliphatic heterocycles. The fourth-order valence-corrected chi connectivity index (χ4v) is 6.72. The molecule has 9 nitrogen and oxygen atoms in total. The smallest absolute Gasteiger partial charge is 0.320 e. The summed E-state index contributed by atoms with van der Waals surface area (Å²) in [6.07, 6.45) is 14.4. The molecule has 10 unspecified atom stereocenters. The van der Waals surface area contributed by atoms with Crippen LogP contribution < -0.4 is 11.5 Å². The van der Waals surface area contributed by atoms with Crippen LogP contribution in [0.1, 0.15) is 70.6 Å². The van der Waals surface area contributed by atoms with E-state index in [0.29, 0.717) is 51.4 Å². The zero-order valence-electron chi connectivity index (χ0n) is 21.6. The van der Waals surface area contributed by atoms with Gasteiger partial charge in [0, 0.05) is 0 Å². The number of nitrogens with two attached hydrogens (primary N) is 2. The molecule has 9 N–H and O–H groups in total. The van der Waals surface area contributed by atoms with Crippen molar-refractivity contribution >= 4 is 11.9 Å². The van der Waals surface area contributed by atoms with Crippen molar-refractivity contribution < 1.29 is 35.1 Å². The Balaban J connectivity index is 1.61. The molecule has 3 rings (SSSR count). The van der Waals surface area contributed by atoms with Crippen molar-refractivity contribution in [3.8, 4) is 0 Å². The first-order valence-corrected chi connectivity index (χ1v) is 13.9. The van der Waals surface area contributed by atoms with Gasteiger partial charge in [0.2, 0.25) is 0 Å². The zero-order valence-corrected chi connectivity index (χ0v) is 21.6. The lowest BCUT2D eigenvalue weighted by atomic mass is 9.72. The third-order valence-corrected chi connectivity index (χ3v) is 8.79. The lowest BCUT2D eigenvalue weighted by Crippen LogP contribution is -2.37. The van der Waals surface area contributed by atoms with Crippen molar-refractivity contribution in [3.05, 3.63) is 24.3 Å². The van der Waals surface area contributed by atoms with Gasteiger partial charge < -0.3 is 37.0 Å². The first kappa shape index (κ1) is 29.8. The second-order valence-electron chi connectivity index (χ2n) is 11.8. The Morgan fingerprint density at radius 1 is 0.622 bits per heavy atom. The maximum Gasteiger partial charge on any atom is 0.320 e. The fraction of sp³-hybridized carbons (Fsp3) is 0.786. The van der Waals surface area contributed by atoms with Gasteiger partial charge in [0.25, 0.3) is 0 Å². The van der Waals surface area contributed by atoms with Gasteiger partial charge >= 0.3 is 11.9 Å². The van der Waals surface area contributed by atoms with Crippen molar-refractivity contribution in [2.24, 2.45) is 47.0 Å². The predicted octanol–water partition coefficient (Wildman–Crippen LogP) is 2.03. The minimum Gasteiger partial charge on any atom is -0.480 e. The highest BCUT2D eigenvalue weighted by atomic mass is 16.4. The summed E-state index contributed by atoms with van der Waals surface area (Å²) in [4.78, 5) is 22.5. The Kier molecular flexibility index (Phi) is 11.1. The maximum absolute atomic E-state index is 11.2. The normalized spacial score (nSPS) is 39.0. The first-order valence-electron chi connectivity index (χ1n) is 13.9. The van der Waals surface area contributed by atoms with Crippen molar-refractivity contribution in [2.75, 3.05) is 0 Å². The molecule has 0 aromatic rings. The first-order chi connectivity index (χ1) is 17.5. The lowest BCUT2D eigenvalue weighted by molar-refractivity contribution is -0.140. The number of carboxylic acids is 2. The van der Waals surface area contributed by atoms with Gasteiger partial charge in [0.05, 0.1) is 18.3 Å². The largest absolute Gasteiger partial charge is 0.480 e. The summed E-state index contributed by atoms with van der Waals surface area (Å²) in [6.45, 7) is 0. The van der Waals surface area contributed by atoms with Crippen molar-refractivity contribution in [1.29, 1.82) is 0 Å². The van der Waals surface area contributed by atoms with Crippen LogP contribution in [-0.2, 0) is 9.59 Å². The van der Waals surface area contributed by atoms with Crippen molar-refractivity contribution in [3.63, 3.8) is 0 Å². The van der Waals surface area contributed by atoms with E-state index in [0.717, 1.165) is 19.3 Å². The van der Waals surface area contributed by atoms with Gasteiger partial charge in [0.1, 0.15) is 12.1 Å². The molecule has 0 spiro atoms. The van der Waals surface area contributed by atoms with E-state index in [2.05, 4.69) is 24.3 Å². The molecular weight excluding hydrogens is 476 g/mol. The van der Waals surface area contributed by atoms with Crippen LogP contribution in [0.3, 0.4) is 0 Å². The number of hydrogen-bond donors (Lipinski definition) is 7. The highest BCUT2D eigenvalue weighted by Crippen LogP contribution is 2.38. The van der Waals surface area contributed by atoms with E-state index in [1.54, 1.807) is 0 Å². The van der Waals surface area contributed by atoms with Crippen LogP contribution in [0.15, 0.2) is 24.3 Å². The Labute approximate surface area is 219 Å². The molecule has 10 atom stereocenters. The molecule has 0 saturated heterocycles. The standard InChI is InChI=1S/C28H46N2O7/c29-25(27(34)35)14-20-12-22(31)7-5-18(20)3-1-16-9-17(11-24(33)10-16)2-4-19-6-8-23(32)13-21(19)15-26(30)28(36)37/h1-4,16-26,31-33H,5-15,29-30H2,(H,34,35)(H,36,37). The molecule has 210 valence electrons. The van der Waals surface area contributed by atoms with E-state index in [1.165, 1.54) is 0 Å². The minimum absolute atomic E-state index is 0.0195. The van der Waals surface area contributed by atoms with Crippen LogP contribution in [0.5, 0.6) is 0 Å². The third-order valence-electron chi connectivity index (χ3n) is 8.79. The molecule has 0 heterocycles. The summed E-state index contributed by atoms with van der Waals surface area (Å²) in [6, 6.07) is -1.88. The van der Waals surface area contributed by atoms with Crippen LogP contribution >= 0.6 is 0 Å². The lowest BCUT2D eigenvalue weighted by Gasteiger charge is -2.35. The molecule has 0 amide bonds. The number of hydrogen-bond acceptors (Lipinski definition) is 7. The molecule has 0 aromatic carbocycles. The monoisotopic (exact) mass is 522 g/mol. The predicted molar refractivity (Wildman–Crippen MR) is 139 cm³/mol. The Morgan fingerprint density at radius 3 is 1.41 bits per heavy atom. The summed E-state index contributed by atoms with van der Waals surface area (Å²) >= 11 is 0. The number of rotatable bonds is 10. The molecule has 3 aliphatic rings. The minimum atomic E-state index is -1.02. The van der Waals surface area contributed by atoms with E-state index in [1.807, 2.05) is 0 Å². The topological polar surface area (TPSA) is 187 Å². The number of aliphatic hydroxyl groups is 3. The molecule has 3 fully saturated rings. The number of carboxylic acid groups (broad SMARTS) is 2. The molecule has 0 aromatic heterocycles. The van der Waals surface area contributed by atoms with Gasteiger partial charge in [-0.1, -0.05) is 24.3 Å². The molecule has 9 heteroatoms. The molecular formula is C28H46N2O7. The molecule has 0 bridgehead atoms. The fourth-order valence-electron chi connectivity index (χ4n) is 6.72. The highest BCUT2D eigenvalue weighted by molar-refractivity contribution is 5.73. The highest BCUT2D eigenvalue weighted by Gasteiger charge is 2.33. The van der Waals surface area contributed by atoms with Crippen molar-refractivity contribution in [2.45, 2.75) is 101 Å². The maximum atomic E-state index is 11.2. The second-order valence-corrected chi connectivity index (χ2v) is 11.8. The molecule has 3 aliphatic carbocycles. The summed E-state index contributed by atoms with van der Waals surface area (Å²) in [5.41, 5.74) is 11.6. The van der Waals surface area contributed by atoms with Gasteiger partial charge in [0.15, 0.2) is 0 Å². The summed E-state index contributed by atoms with van der Waals surface area (Å²) in [5.74, 6) is -1.28. The summed E-state index contributed by atoms with van der Waals surface area (Å²) < 4.78 is 0. The number of allylic oxidation sites excluding steroid dienone is 4. The average Bonchev–Trinajstić information content (AvgIpc) is 2.82. The Bertz CT molecular complexity index is 754. The van der Waals surface area contributed by atoms with E-state index < -0.39 is 42.3 Å². The Morgan fingerprint density at radius 2 is 1.03 bits per heavy atom. The van der Waals surface area contributed by atoms with Crippen LogP contribution in [0.2, 0.25) is 0 Å². The van der Waals surface area contributed by atoms with Crippen LogP contribution in [0, 0.1) is 35.5 Å². The Hall–Kier alpha value is -1.78. The zero-order chi connectivity index (χ0) is 27.1. The van der Waals surface area contributed by atoms with E-state index in [4.69, 9.17) is 11.5 Å². The van der Waals surface area contributed by atoms with Crippen LogP contribution in [0.25, 0.3) is 0 Å². The number of aliphatic carboxylic acids is 2. The molecule has 37 heavy (non-hydrogen) atoms. The quantitative estimate of drug-likeness (QED) is 0.211. The number of carbonyl (C=O) groups is 2. The third kappa shape index (κ3) is 9.18. The SMILES string of the molecule is NC(CC1CC(O)CCC1C=CC1CC(O)CC(C=CC2CCC(O)CC2CC(N)C(=O)O)C1)C(=O)O. The summed E-state index contributed by atoms with van der Waals surface area (Å²) in [5, 5.41) is 49.2. The van der Waals surface area contributed by atoms with Gasteiger partial charge in [-0.15, -0.1) is 0 Å². The van der Waals surface area contributed by atoms with Gasteiger partial charge in [-0.25, -0.2) is 0 Å². The van der Waals surface area contributed by atoms with Crippen LogP contribution in [-0.4, -0.2) is 67.9 Å². The van der Waals surface area contributed by atoms with E-state index >= 15 is 0 Å². The molecule has 3 saturated carbocycles. The van der Waals surface area contributed by atoms with Crippen molar-refractivity contribution in [1.82, 2.24) is 0 Å².